The summed E-state index contributed by atoms with van der Waals surface area (Å²) in [6.45, 7) is 13.3. The fourth-order valence-corrected chi connectivity index (χ4v) is 2.64. The maximum absolute atomic E-state index is 3.27. The zero-order valence-electron chi connectivity index (χ0n) is 14.1. The lowest BCUT2D eigenvalue weighted by molar-refractivity contribution is 0.793. The molecule has 0 bridgehead atoms. The van der Waals surface area contributed by atoms with Crippen molar-refractivity contribution in [1.82, 2.24) is 0 Å². The first kappa shape index (κ1) is 15.6. The topological polar surface area (TPSA) is 0 Å². The molecular formula is C21H26. The van der Waals surface area contributed by atoms with Gasteiger partial charge in [-0.1, -0.05) is 71.6 Å². The van der Waals surface area contributed by atoms with Gasteiger partial charge in [-0.15, -0.1) is 0 Å². The van der Waals surface area contributed by atoms with E-state index in [1.807, 2.05) is 0 Å². The second-order valence-electron chi connectivity index (χ2n) is 6.78. The Labute approximate surface area is 129 Å². The highest BCUT2D eigenvalue weighted by molar-refractivity contribution is 5.85. The van der Waals surface area contributed by atoms with Crippen LogP contribution in [-0.4, -0.2) is 0 Å². The molecule has 2 aromatic rings. The van der Waals surface area contributed by atoms with E-state index in [4.69, 9.17) is 0 Å². The predicted molar refractivity (Wildman–Crippen MR) is 93.8 cm³/mol. The highest BCUT2D eigenvalue weighted by atomic mass is 14.2. The molecule has 0 fully saturated rings. The standard InChI is InChI=1S/C21H26/c1-14(2)7-8-17-9-10-18-12-20(15(3)4)21(16(5)6)13-19(18)11-17/h9-16H,1-6H3. The van der Waals surface area contributed by atoms with E-state index >= 15 is 0 Å². The molecule has 0 heteroatoms. The van der Waals surface area contributed by atoms with Gasteiger partial charge in [0, 0.05) is 11.5 Å². The second kappa shape index (κ2) is 6.35. The summed E-state index contributed by atoms with van der Waals surface area (Å²) in [6, 6.07) is 11.3. The van der Waals surface area contributed by atoms with Crippen LogP contribution >= 0.6 is 0 Å². The van der Waals surface area contributed by atoms with Crippen molar-refractivity contribution in [2.24, 2.45) is 5.92 Å². The van der Waals surface area contributed by atoms with E-state index in [1.54, 1.807) is 0 Å². The summed E-state index contributed by atoms with van der Waals surface area (Å²) in [6.07, 6.45) is 0. The van der Waals surface area contributed by atoms with E-state index in [1.165, 1.54) is 21.9 Å². The van der Waals surface area contributed by atoms with E-state index in [0.717, 1.165) is 5.56 Å². The molecule has 0 saturated carbocycles. The SMILES string of the molecule is CC(C)C#Cc1ccc2cc(C(C)C)c(C(C)C)cc2c1. The highest BCUT2D eigenvalue weighted by Crippen LogP contribution is 2.31. The van der Waals surface area contributed by atoms with Gasteiger partial charge in [0.1, 0.15) is 0 Å². The van der Waals surface area contributed by atoms with Crippen molar-refractivity contribution in [3.8, 4) is 11.8 Å². The van der Waals surface area contributed by atoms with Crippen molar-refractivity contribution in [2.75, 3.05) is 0 Å². The van der Waals surface area contributed by atoms with E-state index in [-0.39, 0.29) is 0 Å². The molecular weight excluding hydrogens is 252 g/mol. The molecule has 0 saturated heterocycles. The number of benzene rings is 2. The van der Waals surface area contributed by atoms with Crippen LogP contribution in [0.3, 0.4) is 0 Å². The third-order valence-electron chi connectivity index (χ3n) is 3.79. The van der Waals surface area contributed by atoms with Gasteiger partial charge in [-0.05, 0) is 45.9 Å². The summed E-state index contributed by atoms with van der Waals surface area (Å²) in [4.78, 5) is 0. The maximum Gasteiger partial charge on any atom is 0.0251 e. The number of fused-ring (bicyclic) bond motifs is 1. The van der Waals surface area contributed by atoms with E-state index in [0.29, 0.717) is 17.8 Å². The van der Waals surface area contributed by atoms with E-state index in [9.17, 15) is 0 Å². The highest BCUT2D eigenvalue weighted by Gasteiger charge is 2.11. The van der Waals surface area contributed by atoms with Gasteiger partial charge < -0.3 is 0 Å². The zero-order valence-corrected chi connectivity index (χ0v) is 14.1. The Bertz CT molecular complexity index is 691. The Balaban J connectivity index is 2.58. The molecule has 0 heterocycles. The van der Waals surface area contributed by atoms with Crippen LogP contribution in [0.5, 0.6) is 0 Å². The van der Waals surface area contributed by atoms with Gasteiger partial charge in [0.25, 0.3) is 0 Å². The molecule has 110 valence electrons. The molecule has 0 atom stereocenters. The molecule has 0 aliphatic heterocycles. The molecule has 0 N–H and O–H groups in total. The third-order valence-corrected chi connectivity index (χ3v) is 3.79. The molecule has 2 rings (SSSR count). The van der Waals surface area contributed by atoms with Crippen LogP contribution < -0.4 is 0 Å². The van der Waals surface area contributed by atoms with Crippen LogP contribution in [0.15, 0.2) is 30.3 Å². The summed E-state index contributed by atoms with van der Waals surface area (Å²) in [7, 11) is 0. The number of rotatable bonds is 2. The van der Waals surface area contributed by atoms with Crippen LogP contribution in [0, 0.1) is 17.8 Å². The maximum atomic E-state index is 3.27. The molecule has 0 radical (unpaired) electrons. The average molecular weight is 278 g/mol. The molecule has 0 aromatic heterocycles. The van der Waals surface area contributed by atoms with Crippen LogP contribution in [0.2, 0.25) is 0 Å². The second-order valence-corrected chi connectivity index (χ2v) is 6.78. The first-order valence-electron chi connectivity index (χ1n) is 7.97. The van der Waals surface area contributed by atoms with Gasteiger partial charge in [0.15, 0.2) is 0 Å². The first-order valence-corrected chi connectivity index (χ1v) is 7.97. The lowest BCUT2D eigenvalue weighted by Gasteiger charge is -2.17. The van der Waals surface area contributed by atoms with Gasteiger partial charge in [-0.25, -0.2) is 0 Å². The Kier molecular flexibility index (Phi) is 4.73. The van der Waals surface area contributed by atoms with Crippen molar-refractivity contribution in [1.29, 1.82) is 0 Å². The third kappa shape index (κ3) is 3.67. The van der Waals surface area contributed by atoms with Crippen molar-refractivity contribution >= 4 is 10.8 Å². The van der Waals surface area contributed by atoms with E-state index < -0.39 is 0 Å². The molecule has 0 aliphatic carbocycles. The number of hydrogen-bond donors (Lipinski definition) is 0. The molecule has 2 aromatic carbocycles. The minimum atomic E-state index is 0.412. The molecule has 0 spiro atoms. The summed E-state index contributed by atoms with van der Waals surface area (Å²) in [5.41, 5.74) is 4.05. The first-order chi connectivity index (χ1) is 9.88. The fraction of sp³-hybridized carbons (Fsp3) is 0.429. The molecule has 0 unspecified atom stereocenters. The summed E-state index contributed by atoms with van der Waals surface area (Å²) >= 11 is 0. The van der Waals surface area contributed by atoms with Crippen LogP contribution in [0.4, 0.5) is 0 Å². The smallest absolute Gasteiger partial charge is 0.0251 e. The normalized spacial score (nSPS) is 11.3. The Morgan fingerprint density at radius 2 is 1.29 bits per heavy atom. The van der Waals surface area contributed by atoms with Crippen molar-refractivity contribution in [3.05, 3.63) is 47.0 Å². The number of hydrogen-bond acceptors (Lipinski definition) is 0. The summed E-state index contributed by atoms with van der Waals surface area (Å²) in [5, 5.41) is 2.62. The minimum Gasteiger partial charge on any atom is -0.0951 e. The quantitative estimate of drug-likeness (QED) is 0.583. The van der Waals surface area contributed by atoms with Gasteiger partial charge in [-0.2, -0.15) is 0 Å². The molecule has 0 amide bonds. The van der Waals surface area contributed by atoms with Crippen LogP contribution in [0.25, 0.3) is 10.8 Å². The predicted octanol–water partition coefficient (Wildman–Crippen LogP) is 6.09. The Hall–Kier alpha value is -1.74. The van der Waals surface area contributed by atoms with Crippen molar-refractivity contribution in [3.63, 3.8) is 0 Å². The van der Waals surface area contributed by atoms with Crippen molar-refractivity contribution in [2.45, 2.75) is 53.4 Å². The molecule has 0 nitrogen and oxygen atoms in total. The lowest BCUT2D eigenvalue weighted by atomic mass is 9.88. The lowest BCUT2D eigenvalue weighted by Crippen LogP contribution is -1.99. The monoisotopic (exact) mass is 278 g/mol. The molecule has 21 heavy (non-hydrogen) atoms. The molecule has 0 aliphatic rings. The average Bonchev–Trinajstić information content (AvgIpc) is 2.43. The van der Waals surface area contributed by atoms with Crippen molar-refractivity contribution < 1.29 is 0 Å². The Morgan fingerprint density at radius 3 is 1.81 bits per heavy atom. The van der Waals surface area contributed by atoms with Gasteiger partial charge in [0.2, 0.25) is 0 Å². The van der Waals surface area contributed by atoms with Crippen LogP contribution in [-0.2, 0) is 0 Å². The van der Waals surface area contributed by atoms with Gasteiger partial charge >= 0.3 is 0 Å². The van der Waals surface area contributed by atoms with Gasteiger partial charge in [-0.3, -0.25) is 0 Å². The van der Waals surface area contributed by atoms with Crippen LogP contribution in [0.1, 0.15) is 70.1 Å². The summed E-state index contributed by atoms with van der Waals surface area (Å²) < 4.78 is 0. The van der Waals surface area contributed by atoms with Gasteiger partial charge in [0.05, 0.1) is 0 Å². The largest absolute Gasteiger partial charge is 0.0951 e. The summed E-state index contributed by atoms with van der Waals surface area (Å²) in [5.74, 6) is 8.04. The minimum absolute atomic E-state index is 0.412. The fourth-order valence-electron chi connectivity index (χ4n) is 2.64. The zero-order chi connectivity index (χ0) is 15.6. The van der Waals surface area contributed by atoms with E-state index in [2.05, 4.69) is 83.7 Å². The Morgan fingerprint density at radius 1 is 0.714 bits per heavy atom.